The van der Waals surface area contributed by atoms with Crippen LogP contribution in [0.15, 0.2) is 35.3 Å². The highest BCUT2D eigenvalue weighted by atomic mass is 35.5. The Bertz CT molecular complexity index is 1310. The molecule has 1 aliphatic carbocycles. The summed E-state index contributed by atoms with van der Waals surface area (Å²) in [7, 11) is 1.28. The molecule has 2 aliphatic rings. The highest BCUT2D eigenvalue weighted by Crippen LogP contribution is 2.58. The molecule has 0 bridgehead atoms. The average Bonchev–Trinajstić information content (AvgIpc) is 3.37. The van der Waals surface area contributed by atoms with Gasteiger partial charge in [-0.15, -0.1) is 0 Å². The number of hydrogen-bond donors (Lipinski definition) is 0. The molecule has 1 saturated heterocycles. The molecule has 3 heterocycles. The number of esters is 1. The van der Waals surface area contributed by atoms with Crippen molar-refractivity contribution in [2.24, 2.45) is 5.41 Å². The molecule has 0 N–H and O–H groups in total. The van der Waals surface area contributed by atoms with E-state index in [-0.39, 0.29) is 30.7 Å². The van der Waals surface area contributed by atoms with E-state index in [1.165, 1.54) is 34.6 Å². The molecule has 1 atom stereocenters. The number of halogens is 4. The summed E-state index contributed by atoms with van der Waals surface area (Å²) >= 11 is 6.02. The SMILES string of the molecule is COC(=O)c1ccc(-n2c(=O)n([C@H]3CCN(CC4(C(F)(F)F)CC4)C3)c3nc(Cl)ncc32)cc1. The third-order valence-corrected chi connectivity index (χ3v) is 6.91. The zero-order valence-electron chi connectivity index (χ0n) is 18.2. The van der Waals surface area contributed by atoms with Crippen LogP contribution in [0.5, 0.6) is 0 Å². The number of rotatable bonds is 5. The Kier molecular flexibility index (Phi) is 5.44. The number of carbonyl (C=O) groups is 1. The van der Waals surface area contributed by atoms with Crippen LogP contribution in [-0.4, -0.2) is 62.9 Å². The summed E-state index contributed by atoms with van der Waals surface area (Å²) < 4.78 is 47.9. The summed E-state index contributed by atoms with van der Waals surface area (Å²) in [4.78, 5) is 35.3. The van der Waals surface area contributed by atoms with Gasteiger partial charge in [-0.3, -0.25) is 9.13 Å². The van der Waals surface area contributed by atoms with Crippen molar-refractivity contribution in [2.45, 2.75) is 31.5 Å². The van der Waals surface area contributed by atoms with Crippen LogP contribution in [0.25, 0.3) is 16.9 Å². The monoisotopic (exact) mass is 495 g/mol. The van der Waals surface area contributed by atoms with Crippen molar-refractivity contribution in [1.82, 2.24) is 24.0 Å². The van der Waals surface area contributed by atoms with E-state index in [1.807, 2.05) is 0 Å². The van der Waals surface area contributed by atoms with Crippen molar-refractivity contribution < 1.29 is 22.7 Å². The summed E-state index contributed by atoms with van der Waals surface area (Å²) in [6.07, 6.45) is -2.00. The standard InChI is InChI=1S/C22H21ClF3N5O3/c1-34-18(32)13-2-4-14(5-3-13)30-16-10-27-19(23)28-17(16)31(20(30)33)15-6-9-29(11-15)12-21(7-8-21)22(24,25)26/h2-5,10,15H,6-9,11-12H2,1H3/t15-/m0/s1. The van der Waals surface area contributed by atoms with Gasteiger partial charge in [0.1, 0.15) is 5.52 Å². The fraction of sp³-hybridized carbons (Fsp3) is 0.455. The summed E-state index contributed by atoms with van der Waals surface area (Å²) in [6, 6.07) is 5.93. The summed E-state index contributed by atoms with van der Waals surface area (Å²) in [5, 5.41) is -0.0386. The highest BCUT2D eigenvalue weighted by Gasteiger charge is 2.63. The van der Waals surface area contributed by atoms with E-state index >= 15 is 0 Å². The van der Waals surface area contributed by atoms with Crippen LogP contribution >= 0.6 is 11.6 Å². The van der Waals surface area contributed by atoms with Crippen molar-refractivity contribution in [2.75, 3.05) is 26.7 Å². The second-order valence-electron chi connectivity index (χ2n) is 8.83. The van der Waals surface area contributed by atoms with E-state index in [9.17, 15) is 22.8 Å². The van der Waals surface area contributed by atoms with E-state index in [2.05, 4.69) is 9.97 Å². The number of alkyl halides is 3. The lowest BCUT2D eigenvalue weighted by Crippen LogP contribution is -2.38. The van der Waals surface area contributed by atoms with Crippen molar-refractivity contribution in [3.8, 4) is 5.69 Å². The van der Waals surface area contributed by atoms with Crippen LogP contribution < -0.4 is 5.69 Å². The lowest BCUT2D eigenvalue weighted by Gasteiger charge is -2.25. The molecule has 1 aliphatic heterocycles. The van der Waals surface area contributed by atoms with Crippen LogP contribution in [0.3, 0.4) is 0 Å². The molecule has 5 rings (SSSR count). The zero-order chi connectivity index (χ0) is 24.3. The number of aromatic nitrogens is 4. The highest BCUT2D eigenvalue weighted by molar-refractivity contribution is 6.28. The maximum atomic E-state index is 13.6. The molecule has 180 valence electrons. The number of hydrogen-bond acceptors (Lipinski definition) is 6. The number of carbonyl (C=O) groups excluding carboxylic acids is 1. The molecule has 1 saturated carbocycles. The molecule has 0 unspecified atom stereocenters. The van der Waals surface area contributed by atoms with Gasteiger partial charge in [0.2, 0.25) is 5.28 Å². The second-order valence-corrected chi connectivity index (χ2v) is 9.17. The predicted octanol–water partition coefficient (Wildman–Crippen LogP) is 3.61. The first-order valence-electron chi connectivity index (χ1n) is 10.8. The van der Waals surface area contributed by atoms with Gasteiger partial charge >= 0.3 is 17.8 Å². The minimum atomic E-state index is -4.23. The molecule has 34 heavy (non-hydrogen) atoms. The lowest BCUT2D eigenvalue weighted by molar-refractivity contribution is -0.191. The molecule has 8 nitrogen and oxygen atoms in total. The Morgan fingerprint density at radius 1 is 1.26 bits per heavy atom. The molecule has 0 amide bonds. The number of imidazole rings is 1. The van der Waals surface area contributed by atoms with E-state index in [4.69, 9.17) is 16.3 Å². The fourth-order valence-corrected chi connectivity index (χ4v) is 4.83. The number of fused-ring (bicyclic) bond motifs is 1. The van der Waals surface area contributed by atoms with Crippen molar-refractivity contribution >= 4 is 28.7 Å². The van der Waals surface area contributed by atoms with Gasteiger partial charge in [0.25, 0.3) is 0 Å². The van der Waals surface area contributed by atoms with Crippen LogP contribution in [0.4, 0.5) is 13.2 Å². The summed E-state index contributed by atoms with van der Waals surface area (Å²) in [5.74, 6) is -0.505. The summed E-state index contributed by atoms with van der Waals surface area (Å²) in [6.45, 7) is 0.694. The minimum absolute atomic E-state index is 0.0386. The molecule has 2 fully saturated rings. The Morgan fingerprint density at radius 2 is 1.97 bits per heavy atom. The van der Waals surface area contributed by atoms with E-state index < -0.39 is 23.3 Å². The third-order valence-electron chi connectivity index (χ3n) is 6.73. The van der Waals surface area contributed by atoms with Crippen LogP contribution in [0.2, 0.25) is 5.28 Å². The van der Waals surface area contributed by atoms with Crippen LogP contribution in [0.1, 0.15) is 35.7 Å². The minimum Gasteiger partial charge on any atom is -0.465 e. The van der Waals surface area contributed by atoms with E-state index in [0.717, 1.165) is 0 Å². The Morgan fingerprint density at radius 3 is 2.59 bits per heavy atom. The Labute approximate surface area is 196 Å². The smallest absolute Gasteiger partial charge is 0.395 e. The number of methoxy groups -OCH3 is 1. The van der Waals surface area contributed by atoms with Gasteiger partial charge in [-0.05, 0) is 55.1 Å². The Balaban J connectivity index is 1.50. The topological polar surface area (TPSA) is 82.2 Å². The Hall–Kier alpha value is -2.92. The molecule has 3 aromatic rings. The van der Waals surface area contributed by atoms with Crippen molar-refractivity contribution in [3.05, 3.63) is 51.8 Å². The van der Waals surface area contributed by atoms with E-state index in [0.29, 0.717) is 41.9 Å². The second kappa shape index (κ2) is 8.09. The van der Waals surface area contributed by atoms with Gasteiger partial charge < -0.3 is 9.64 Å². The molecule has 1 aromatic carbocycles. The third kappa shape index (κ3) is 3.76. The van der Waals surface area contributed by atoms with Crippen LogP contribution in [-0.2, 0) is 4.74 Å². The van der Waals surface area contributed by atoms with Gasteiger partial charge in [-0.1, -0.05) is 0 Å². The summed E-state index contributed by atoms with van der Waals surface area (Å²) in [5.41, 5.74) is -0.503. The maximum Gasteiger partial charge on any atom is 0.395 e. The first kappa shape index (κ1) is 22.9. The normalized spacial score (nSPS) is 20.1. The molecule has 0 spiro atoms. The van der Waals surface area contributed by atoms with Gasteiger partial charge in [-0.2, -0.15) is 18.2 Å². The largest absolute Gasteiger partial charge is 0.465 e. The van der Waals surface area contributed by atoms with Gasteiger partial charge in [-0.25, -0.2) is 14.6 Å². The molecular weight excluding hydrogens is 475 g/mol. The molecular formula is C22H21ClF3N5O3. The van der Waals surface area contributed by atoms with Crippen molar-refractivity contribution in [3.63, 3.8) is 0 Å². The van der Waals surface area contributed by atoms with Gasteiger partial charge in [0.05, 0.1) is 36.0 Å². The van der Waals surface area contributed by atoms with Gasteiger partial charge in [0.15, 0.2) is 5.65 Å². The zero-order valence-corrected chi connectivity index (χ0v) is 18.9. The predicted molar refractivity (Wildman–Crippen MR) is 117 cm³/mol. The fourth-order valence-electron chi connectivity index (χ4n) is 4.70. The van der Waals surface area contributed by atoms with E-state index in [1.54, 1.807) is 17.0 Å². The maximum absolute atomic E-state index is 13.6. The number of ether oxygens (including phenoxy) is 1. The number of benzene rings is 1. The molecule has 2 aromatic heterocycles. The molecule has 12 heteroatoms. The van der Waals surface area contributed by atoms with Crippen LogP contribution in [0, 0.1) is 5.41 Å². The first-order valence-corrected chi connectivity index (χ1v) is 11.1. The number of likely N-dealkylation sites (tertiary alicyclic amines) is 1. The molecule has 0 radical (unpaired) electrons. The number of nitrogens with zero attached hydrogens (tertiary/aromatic N) is 5. The first-order chi connectivity index (χ1) is 16.1. The average molecular weight is 496 g/mol. The lowest BCUT2D eigenvalue weighted by atomic mass is 10.1. The quantitative estimate of drug-likeness (QED) is 0.397. The van der Waals surface area contributed by atoms with Gasteiger partial charge in [0, 0.05) is 19.6 Å². The van der Waals surface area contributed by atoms with Crippen molar-refractivity contribution in [1.29, 1.82) is 0 Å².